The van der Waals surface area contributed by atoms with E-state index >= 15 is 0 Å². The highest BCUT2D eigenvalue weighted by Gasteiger charge is 2.22. The summed E-state index contributed by atoms with van der Waals surface area (Å²) in [5.41, 5.74) is 1.92. The molecule has 4 rings (SSSR count). The second-order valence-corrected chi connectivity index (χ2v) is 9.79. The maximum Gasteiger partial charge on any atom is 0.175 e. The van der Waals surface area contributed by atoms with Crippen LogP contribution in [-0.4, -0.2) is 49.2 Å². The van der Waals surface area contributed by atoms with Gasteiger partial charge < -0.3 is 5.32 Å². The van der Waals surface area contributed by atoms with Gasteiger partial charge in [-0.15, -0.1) is 6.58 Å². The van der Waals surface area contributed by atoms with Crippen molar-refractivity contribution in [2.24, 2.45) is 0 Å². The number of hydrogen-bond acceptors (Lipinski definition) is 6. The Morgan fingerprint density at radius 2 is 1.90 bits per heavy atom. The van der Waals surface area contributed by atoms with Crippen molar-refractivity contribution in [3.63, 3.8) is 0 Å². The van der Waals surface area contributed by atoms with E-state index in [1.54, 1.807) is 24.3 Å². The Bertz CT molecular complexity index is 1150. The molecule has 0 bridgehead atoms. The van der Waals surface area contributed by atoms with E-state index in [1.165, 1.54) is 6.26 Å². The molecule has 0 saturated carbocycles. The number of piperidine rings is 1. The Kier molecular flexibility index (Phi) is 5.83. The summed E-state index contributed by atoms with van der Waals surface area (Å²) in [5.74, 6) is 1.15. The molecular weight excluding hydrogens is 396 g/mol. The molecule has 0 atom stereocenters. The van der Waals surface area contributed by atoms with Crippen LogP contribution in [0.4, 0.5) is 11.5 Å². The van der Waals surface area contributed by atoms with Crippen LogP contribution in [0.3, 0.4) is 0 Å². The van der Waals surface area contributed by atoms with Crippen LogP contribution in [0.2, 0.25) is 0 Å². The van der Waals surface area contributed by atoms with Crippen LogP contribution < -0.4 is 5.32 Å². The molecule has 7 heteroatoms. The highest BCUT2D eigenvalue weighted by molar-refractivity contribution is 7.90. The van der Waals surface area contributed by atoms with Crippen molar-refractivity contribution in [3.05, 3.63) is 67.1 Å². The van der Waals surface area contributed by atoms with Crippen molar-refractivity contribution < 1.29 is 8.42 Å². The lowest BCUT2D eigenvalue weighted by Crippen LogP contribution is -2.33. The quantitative estimate of drug-likeness (QED) is 0.602. The zero-order chi connectivity index (χ0) is 21.1. The molecule has 6 nitrogen and oxygen atoms in total. The van der Waals surface area contributed by atoms with Crippen LogP contribution in [0.25, 0.3) is 10.8 Å². The summed E-state index contributed by atoms with van der Waals surface area (Å²) in [5, 5.41) is 5.47. The van der Waals surface area contributed by atoms with E-state index in [2.05, 4.69) is 21.8 Å². The smallest absolute Gasteiger partial charge is 0.175 e. The van der Waals surface area contributed by atoms with Crippen LogP contribution in [0, 0.1) is 0 Å². The van der Waals surface area contributed by atoms with Gasteiger partial charge in [0.2, 0.25) is 0 Å². The Hall–Kier alpha value is -2.77. The highest BCUT2D eigenvalue weighted by Crippen LogP contribution is 2.32. The SMILES string of the molecule is C=CCN1CCC(c2nccc3cnc(Nc4ccc(S(C)(=O)=O)cc4)cc23)CC1. The van der Waals surface area contributed by atoms with E-state index < -0.39 is 9.84 Å². The van der Waals surface area contributed by atoms with Gasteiger partial charge in [-0.3, -0.25) is 9.88 Å². The van der Waals surface area contributed by atoms with Crippen LogP contribution in [0.5, 0.6) is 0 Å². The number of sulfone groups is 1. The second kappa shape index (κ2) is 8.53. The molecular formula is C23H26N4O2S. The summed E-state index contributed by atoms with van der Waals surface area (Å²) in [6.45, 7) is 6.88. The number of nitrogens with zero attached hydrogens (tertiary/aromatic N) is 3. The predicted octanol–water partition coefficient (Wildman–Crippen LogP) is 4.14. The number of pyridine rings is 2. The third kappa shape index (κ3) is 4.52. The van der Waals surface area contributed by atoms with Crippen molar-refractivity contribution in [1.29, 1.82) is 0 Å². The molecule has 3 aromatic rings. The summed E-state index contributed by atoms with van der Waals surface area (Å²) >= 11 is 0. The minimum absolute atomic E-state index is 0.300. The van der Waals surface area contributed by atoms with Gasteiger partial charge in [0.15, 0.2) is 9.84 Å². The first-order valence-corrected chi connectivity index (χ1v) is 12.0. The van der Waals surface area contributed by atoms with Crippen molar-refractivity contribution in [3.8, 4) is 0 Å². The largest absolute Gasteiger partial charge is 0.340 e. The van der Waals surface area contributed by atoms with Crippen molar-refractivity contribution in [2.75, 3.05) is 31.2 Å². The average molecular weight is 423 g/mol. The highest BCUT2D eigenvalue weighted by atomic mass is 32.2. The first-order chi connectivity index (χ1) is 14.4. The van der Waals surface area contributed by atoms with Crippen molar-refractivity contribution in [1.82, 2.24) is 14.9 Å². The molecule has 156 valence electrons. The van der Waals surface area contributed by atoms with Gasteiger partial charge in [-0.25, -0.2) is 13.4 Å². The van der Waals surface area contributed by atoms with E-state index in [4.69, 9.17) is 4.98 Å². The normalized spacial score (nSPS) is 15.9. The Morgan fingerprint density at radius 3 is 2.57 bits per heavy atom. The van der Waals surface area contributed by atoms with E-state index in [1.807, 2.05) is 30.6 Å². The molecule has 1 saturated heterocycles. The standard InChI is InChI=1S/C23H26N4O2S/c1-3-12-27-13-9-17(10-14-27)23-21-15-22(25-16-18(21)8-11-24-23)26-19-4-6-20(7-5-19)30(2,28)29/h3-8,11,15-17H,1,9-10,12-14H2,2H3,(H,25,26). The lowest BCUT2D eigenvalue weighted by Gasteiger charge is -2.31. The summed E-state index contributed by atoms with van der Waals surface area (Å²) in [6.07, 6.45) is 9.06. The molecule has 1 fully saturated rings. The van der Waals surface area contributed by atoms with Crippen LogP contribution in [0.1, 0.15) is 24.5 Å². The predicted molar refractivity (Wildman–Crippen MR) is 121 cm³/mol. The lowest BCUT2D eigenvalue weighted by molar-refractivity contribution is 0.231. The molecule has 1 aromatic carbocycles. The monoisotopic (exact) mass is 422 g/mol. The van der Waals surface area contributed by atoms with Gasteiger partial charge in [-0.2, -0.15) is 0 Å². The fourth-order valence-corrected chi connectivity index (χ4v) is 4.62. The van der Waals surface area contributed by atoms with Gasteiger partial charge in [-0.05, 0) is 62.3 Å². The zero-order valence-corrected chi connectivity index (χ0v) is 17.9. The van der Waals surface area contributed by atoms with Gasteiger partial charge in [0, 0.05) is 47.6 Å². The maximum absolute atomic E-state index is 11.6. The summed E-state index contributed by atoms with van der Waals surface area (Å²) in [6, 6.07) is 10.7. The number of aromatic nitrogens is 2. The number of rotatable bonds is 6. The molecule has 0 amide bonds. The fraction of sp³-hybridized carbons (Fsp3) is 0.304. The molecule has 0 aliphatic carbocycles. The topological polar surface area (TPSA) is 75.2 Å². The Balaban J connectivity index is 1.58. The molecule has 3 heterocycles. The van der Waals surface area contributed by atoms with Crippen molar-refractivity contribution >= 4 is 32.1 Å². The third-order valence-corrected chi connectivity index (χ3v) is 6.72. The first-order valence-electron chi connectivity index (χ1n) is 10.1. The summed E-state index contributed by atoms with van der Waals surface area (Å²) < 4.78 is 23.3. The number of nitrogens with one attached hydrogen (secondary N) is 1. The lowest BCUT2D eigenvalue weighted by atomic mass is 9.90. The minimum Gasteiger partial charge on any atom is -0.340 e. The van der Waals surface area contributed by atoms with Gasteiger partial charge in [0.25, 0.3) is 0 Å². The molecule has 0 unspecified atom stereocenters. The van der Waals surface area contributed by atoms with Crippen LogP contribution >= 0.6 is 0 Å². The van der Waals surface area contributed by atoms with E-state index in [0.29, 0.717) is 16.6 Å². The Morgan fingerprint density at radius 1 is 1.17 bits per heavy atom. The third-order valence-electron chi connectivity index (χ3n) is 5.59. The van der Waals surface area contributed by atoms with Gasteiger partial charge in [-0.1, -0.05) is 6.08 Å². The summed E-state index contributed by atoms with van der Waals surface area (Å²) in [7, 11) is -3.21. The fourth-order valence-electron chi connectivity index (χ4n) is 3.99. The average Bonchev–Trinajstić information content (AvgIpc) is 2.74. The second-order valence-electron chi connectivity index (χ2n) is 7.77. The number of anilines is 2. The van der Waals surface area contributed by atoms with Crippen LogP contribution in [-0.2, 0) is 9.84 Å². The minimum atomic E-state index is -3.21. The van der Waals surface area contributed by atoms with Crippen LogP contribution in [0.15, 0.2) is 66.3 Å². The zero-order valence-electron chi connectivity index (χ0n) is 17.1. The van der Waals surface area contributed by atoms with E-state index in [0.717, 1.165) is 54.6 Å². The Labute approximate surface area is 177 Å². The van der Waals surface area contributed by atoms with Gasteiger partial charge >= 0.3 is 0 Å². The number of hydrogen-bond donors (Lipinski definition) is 1. The maximum atomic E-state index is 11.6. The first kappa shape index (κ1) is 20.5. The molecule has 2 aromatic heterocycles. The number of benzene rings is 1. The van der Waals surface area contributed by atoms with E-state index in [-0.39, 0.29) is 0 Å². The number of fused-ring (bicyclic) bond motifs is 1. The van der Waals surface area contributed by atoms with Crippen molar-refractivity contribution in [2.45, 2.75) is 23.7 Å². The summed E-state index contributed by atoms with van der Waals surface area (Å²) in [4.78, 5) is 12.0. The molecule has 1 aliphatic heterocycles. The van der Waals surface area contributed by atoms with Gasteiger partial charge in [0.1, 0.15) is 5.82 Å². The van der Waals surface area contributed by atoms with E-state index in [9.17, 15) is 8.42 Å². The van der Waals surface area contributed by atoms with Gasteiger partial charge in [0.05, 0.1) is 10.6 Å². The molecule has 0 radical (unpaired) electrons. The molecule has 1 aliphatic rings. The molecule has 0 spiro atoms. The number of likely N-dealkylation sites (tertiary alicyclic amines) is 1. The molecule has 30 heavy (non-hydrogen) atoms. The molecule has 1 N–H and O–H groups in total.